The number of carbonyl (C=O) groups excluding carboxylic acids is 3. The van der Waals surface area contributed by atoms with Crippen LogP contribution in [0.4, 0.5) is 5.69 Å². The fourth-order valence-electron chi connectivity index (χ4n) is 5.69. The first-order chi connectivity index (χ1) is 20.9. The molecule has 2 aromatic rings. The van der Waals surface area contributed by atoms with Gasteiger partial charge in [-0.2, -0.15) is 0 Å². The lowest BCUT2D eigenvalue weighted by atomic mass is 9.78. The number of unbranched alkanes of at least 4 members (excludes halogenated alkanes) is 4. The number of hydrogen-bond donors (Lipinski definition) is 5. The lowest BCUT2D eigenvalue weighted by Crippen LogP contribution is -2.62. The van der Waals surface area contributed by atoms with Gasteiger partial charge in [-0.05, 0) is 61.8 Å². The summed E-state index contributed by atoms with van der Waals surface area (Å²) in [4.78, 5) is 49.9. The number of nitrogens with one attached hydrogen (secondary N) is 3. The highest BCUT2D eigenvalue weighted by molar-refractivity contribution is 7.90. The van der Waals surface area contributed by atoms with Crippen LogP contribution in [0, 0.1) is 5.92 Å². The number of sulfonamides is 1. The number of fused-ring (bicyclic) bond motifs is 1. The number of para-hydroxylation sites is 1. The standard InChI is InChI=1S/C32H40N4O7S/c1-2-24-21-32(24,35-29(40)31(33)19-18-22-12-8-9-13-23(22)20-31)30(41)36-44(42,43)26-15-11-10-14-25(26)34-27(37)16-6-4-3-5-7-17-28(38)39/h2,8-15,24H,1,3-7,16-21,33H2,(H,34,37)(H,35,40)(H,36,41)(H,38,39)/t24-,31?,32+/m1/s1. The minimum Gasteiger partial charge on any atom is -0.481 e. The lowest BCUT2D eigenvalue weighted by molar-refractivity contribution is -0.137. The molecule has 0 spiro atoms. The van der Waals surface area contributed by atoms with E-state index < -0.39 is 44.8 Å². The quantitative estimate of drug-likeness (QED) is 0.148. The van der Waals surface area contributed by atoms with Gasteiger partial charge in [0, 0.05) is 18.8 Å². The van der Waals surface area contributed by atoms with E-state index in [0.29, 0.717) is 32.1 Å². The third-order valence-corrected chi connectivity index (χ3v) is 9.82. The van der Waals surface area contributed by atoms with Crippen molar-refractivity contribution in [1.82, 2.24) is 10.0 Å². The molecule has 0 aromatic heterocycles. The molecule has 2 aromatic carbocycles. The van der Waals surface area contributed by atoms with Crippen LogP contribution in [0.5, 0.6) is 0 Å². The Bertz CT molecular complexity index is 1540. The molecular weight excluding hydrogens is 584 g/mol. The van der Waals surface area contributed by atoms with Gasteiger partial charge in [0.2, 0.25) is 11.8 Å². The molecule has 0 bridgehead atoms. The van der Waals surface area contributed by atoms with Gasteiger partial charge in [0.15, 0.2) is 0 Å². The molecule has 6 N–H and O–H groups in total. The molecule has 2 aliphatic rings. The van der Waals surface area contributed by atoms with E-state index in [-0.39, 0.29) is 35.8 Å². The number of carboxylic acid groups (broad SMARTS) is 1. The van der Waals surface area contributed by atoms with Crippen molar-refractivity contribution in [3.8, 4) is 0 Å². The molecule has 0 radical (unpaired) electrons. The van der Waals surface area contributed by atoms with Gasteiger partial charge < -0.3 is 21.5 Å². The van der Waals surface area contributed by atoms with E-state index in [4.69, 9.17) is 10.8 Å². The summed E-state index contributed by atoms with van der Waals surface area (Å²) in [7, 11) is -4.45. The van der Waals surface area contributed by atoms with Crippen molar-refractivity contribution in [2.75, 3.05) is 5.32 Å². The number of aryl methyl sites for hydroxylation is 1. The van der Waals surface area contributed by atoms with Gasteiger partial charge in [-0.1, -0.05) is 61.7 Å². The Kier molecular flexibility index (Phi) is 10.3. The first-order valence-corrected chi connectivity index (χ1v) is 16.4. The fraction of sp³-hybridized carbons (Fsp3) is 0.438. The van der Waals surface area contributed by atoms with Gasteiger partial charge in [0.25, 0.3) is 15.9 Å². The van der Waals surface area contributed by atoms with Gasteiger partial charge in [0.1, 0.15) is 10.4 Å². The predicted molar refractivity (Wildman–Crippen MR) is 165 cm³/mol. The van der Waals surface area contributed by atoms with Gasteiger partial charge in [0.05, 0.1) is 11.2 Å². The zero-order chi connectivity index (χ0) is 32.0. The Balaban J connectivity index is 1.39. The first kappa shape index (κ1) is 32.9. The molecule has 2 aliphatic carbocycles. The Morgan fingerprint density at radius 2 is 1.57 bits per heavy atom. The lowest BCUT2D eigenvalue weighted by Gasteiger charge is -2.35. The number of carbonyl (C=O) groups is 4. The maximum atomic E-state index is 13.5. The van der Waals surface area contributed by atoms with Crippen LogP contribution in [0.2, 0.25) is 0 Å². The molecule has 3 atom stereocenters. The van der Waals surface area contributed by atoms with Crippen LogP contribution >= 0.6 is 0 Å². The van der Waals surface area contributed by atoms with Crippen LogP contribution in [0.15, 0.2) is 66.1 Å². The topological polar surface area (TPSA) is 185 Å². The van der Waals surface area contributed by atoms with Crippen LogP contribution in [0.25, 0.3) is 0 Å². The van der Waals surface area contributed by atoms with Crippen molar-refractivity contribution in [2.24, 2.45) is 11.7 Å². The largest absolute Gasteiger partial charge is 0.481 e. The monoisotopic (exact) mass is 624 g/mol. The number of carboxylic acids is 1. The van der Waals surface area contributed by atoms with E-state index in [1.807, 2.05) is 24.3 Å². The number of nitrogens with two attached hydrogens (primary N) is 1. The van der Waals surface area contributed by atoms with Crippen molar-refractivity contribution in [3.63, 3.8) is 0 Å². The van der Waals surface area contributed by atoms with Crippen molar-refractivity contribution in [3.05, 3.63) is 72.3 Å². The molecular formula is C32H40N4O7S. The van der Waals surface area contributed by atoms with Gasteiger partial charge in [-0.3, -0.25) is 19.2 Å². The summed E-state index contributed by atoms with van der Waals surface area (Å²) in [5, 5.41) is 14.1. The Hall–Kier alpha value is -4.03. The van der Waals surface area contributed by atoms with E-state index in [1.165, 1.54) is 24.3 Å². The molecule has 1 saturated carbocycles. The van der Waals surface area contributed by atoms with E-state index >= 15 is 0 Å². The van der Waals surface area contributed by atoms with E-state index in [2.05, 4.69) is 21.9 Å². The number of aliphatic carboxylic acids is 1. The van der Waals surface area contributed by atoms with Gasteiger partial charge >= 0.3 is 5.97 Å². The molecule has 0 saturated heterocycles. The van der Waals surface area contributed by atoms with E-state index in [1.54, 1.807) is 6.07 Å². The zero-order valence-electron chi connectivity index (χ0n) is 24.6. The summed E-state index contributed by atoms with van der Waals surface area (Å²) in [6.07, 6.45) is 6.65. The molecule has 0 aliphatic heterocycles. The number of hydrogen-bond acceptors (Lipinski definition) is 7. The second kappa shape index (κ2) is 13.7. The molecule has 1 unspecified atom stereocenters. The minimum atomic E-state index is -4.45. The van der Waals surface area contributed by atoms with E-state index in [9.17, 15) is 27.6 Å². The fourth-order valence-corrected chi connectivity index (χ4v) is 6.89. The molecule has 0 heterocycles. The van der Waals surface area contributed by atoms with Crippen LogP contribution < -0.4 is 21.1 Å². The summed E-state index contributed by atoms with van der Waals surface area (Å²) in [6.45, 7) is 3.74. The molecule has 236 valence electrons. The smallest absolute Gasteiger partial charge is 0.303 e. The van der Waals surface area contributed by atoms with Crippen LogP contribution in [-0.4, -0.2) is 48.3 Å². The number of anilines is 1. The number of rotatable bonds is 15. The van der Waals surface area contributed by atoms with Crippen LogP contribution in [-0.2, 0) is 42.0 Å². The Labute approximate surface area is 257 Å². The predicted octanol–water partition coefficient (Wildman–Crippen LogP) is 3.19. The summed E-state index contributed by atoms with van der Waals surface area (Å²) < 4.78 is 29.0. The summed E-state index contributed by atoms with van der Waals surface area (Å²) >= 11 is 0. The average Bonchev–Trinajstić information content (AvgIpc) is 3.70. The molecule has 4 rings (SSSR count). The van der Waals surface area contributed by atoms with Crippen molar-refractivity contribution in [2.45, 2.75) is 86.6 Å². The minimum absolute atomic E-state index is 0.0233. The molecule has 12 heteroatoms. The first-order valence-electron chi connectivity index (χ1n) is 14.9. The zero-order valence-corrected chi connectivity index (χ0v) is 25.5. The number of benzene rings is 2. The SMILES string of the molecule is C=C[C@@H]1C[C@@]1(NC(=O)C1(N)CCc2ccccc2C1)C(=O)NS(=O)(=O)c1ccccc1NC(=O)CCCCCCCC(=O)O. The molecule has 3 amide bonds. The second-order valence-corrected chi connectivity index (χ2v) is 13.4. The Morgan fingerprint density at radius 3 is 2.25 bits per heavy atom. The van der Waals surface area contributed by atoms with Crippen molar-refractivity contribution < 1.29 is 32.7 Å². The highest BCUT2D eigenvalue weighted by atomic mass is 32.2. The van der Waals surface area contributed by atoms with Crippen LogP contribution in [0.3, 0.4) is 0 Å². The third kappa shape index (κ3) is 7.72. The molecule has 1 fully saturated rings. The summed E-state index contributed by atoms with van der Waals surface area (Å²) in [5.41, 5.74) is 5.88. The average molecular weight is 625 g/mol. The van der Waals surface area contributed by atoms with E-state index in [0.717, 1.165) is 30.4 Å². The van der Waals surface area contributed by atoms with Gasteiger partial charge in [-0.15, -0.1) is 6.58 Å². The molecule has 11 nitrogen and oxygen atoms in total. The van der Waals surface area contributed by atoms with Crippen LogP contribution in [0.1, 0.15) is 68.9 Å². The van der Waals surface area contributed by atoms with Crippen molar-refractivity contribution in [1.29, 1.82) is 0 Å². The second-order valence-electron chi connectivity index (χ2n) is 11.7. The summed E-state index contributed by atoms with van der Waals surface area (Å²) in [6, 6.07) is 13.5. The number of amides is 3. The van der Waals surface area contributed by atoms with Crippen molar-refractivity contribution >= 4 is 39.4 Å². The summed E-state index contributed by atoms with van der Waals surface area (Å²) in [5.74, 6) is -3.13. The Morgan fingerprint density at radius 1 is 0.932 bits per heavy atom. The highest BCUT2D eigenvalue weighted by Gasteiger charge is 2.61. The normalized spacial score (nSPS) is 22.2. The maximum Gasteiger partial charge on any atom is 0.303 e. The molecule has 44 heavy (non-hydrogen) atoms. The third-order valence-electron chi connectivity index (χ3n) is 8.43. The van der Waals surface area contributed by atoms with Gasteiger partial charge in [-0.25, -0.2) is 13.1 Å². The highest BCUT2D eigenvalue weighted by Crippen LogP contribution is 2.45. The maximum absolute atomic E-state index is 13.5.